The number of aliphatic carboxylic acids is 1. The Balaban J connectivity index is -0.000000259. The van der Waals surface area contributed by atoms with Gasteiger partial charge in [0.2, 0.25) is 0 Å². The van der Waals surface area contributed by atoms with Crippen LogP contribution < -0.4 is 34.7 Å². The Labute approximate surface area is 439 Å². The van der Waals surface area contributed by atoms with Gasteiger partial charge in [-0.1, -0.05) is 175 Å². The molecule has 0 saturated carbocycles. The Hall–Kier alpha value is -2.18. The maximum atomic E-state index is 11.3. The fourth-order valence-corrected chi connectivity index (χ4v) is 6.54. The van der Waals surface area contributed by atoms with Crippen LogP contribution in [0, 0.1) is 0 Å². The van der Waals surface area contributed by atoms with Crippen LogP contribution in [-0.4, -0.2) is 62.7 Å². The number of hydrogen-bond acceptors (Lipinski definition) is 15. The van der Waals surface area contributed by atoms with Crippen molar-refractivity contribution in [1.29, 1.82) is 0 Å². The summed E-state index contributed by atoms with van der Waals surface area (Å²) in [5.41, 5.74) is 0.871. The van der Waals surface area contributed by atoms with Crippen molar-refractivity contribution in [3.05, 3.63) is 60.9 Å². The van der Waals surface area contributed by atoms with Crippen LogP contribution in [-0.2, 0) is 56.9 Å². The molecule has 0 aromatic carbocycles. The van der Waals surface area contributed by atoms with E-state index in [0.29, 0.717) is 6.42 Å². The molecule has 0 bridgehead atoms. The fourth-order valence-electron chi connectivity index (χ4n) is 5.26. The van der Waals surface area contributed by atoms with Crippen molar-refractivity contribution in [2.45, 2.75) is 206 Å². The molecule has 384 valence electrons. The summed E-state index contributed by atoms with van der Waals surface area (Å²) >= 11 is 8.52. The SMILES string of the molecule is C=C(C)C(=O)OC=C(C)C(=O)OC.C=CCC(=C)C(=O)OC(=O)C(=C)C.CCCCCCCCCCCCC(S)(S)CC(=O)[O-].CCCCCCCCCCCCOS(=O)(=O)OCCCC.[Na+]. The molecule has 0 aromatic rings. The van der Waals surface area contributed by atoms with Crippen LogP contribution in [0.25, 0.3) is 0 Å². The summed E-state index contributed by atoms with van der Waals surface area (Å²) in [6, 6.07) is 0. The number of hydrogen-bond donors (Lipinski definition) is 2. The Morgan fingerprint density at radius 3 is 1.36 bits per heavy atom. The zero-order chi connectivity index (χ0) is 51.2. The molecule has 0 aromatic heterocycles. The van der Waals surface area contributed by atoms with Gasteiger partial charge in [-0.3, -0.25) is 0 Å². The molecule has 0 aliphatic rings. The van der Waals surface area contributed by atoms with Gasteiger partial charge >= 0.3 is 63.8 Å². The summed E-state index contributed by atoms with van der Waals surface area (Å²) in [6.45, 7) is 25.0. The van der Waals surface area contributed by atoms with Gasteiger partial charge in [-0.15, -0.1) is 6.58 Å². The van der Waals surface area contributed by atoms with Crippen LogP contribution in [0.3, 0.4) is 0 Å². The number of carbonyl (C=O) groups is 5. The zero-order valence-corrected chi connectivity index (χ0v) is 47.3. The molecule has 0 amide bonds. The number of carbonyl (C=O) groups excluding carboxylic acids is 5. The number of unbranched alkanes of at least 4 members (excludes halogenated alkanes) is 19. The number of methoxy groups -OCH3 is 1. The maximum absolute atomic E-state index is 11.3. The van der Waals surface area contributed by atoms with E-state index in [1.807, 2.05) is 6.92 Å². The summed E-state index contributed by atoms with van der Waals surface area (Å²) < 4.78 is 44.8. The van der Waals surface area contributed by atoms with Gasteiger partial charge < -0.3 is 24.1 Å². The first-order valence-corrected chi connectivity index (χ1v) is 25.8. The van der Waals surface area contributed by atoms with Gasteiger partial charge in [0.05, 0.1) is 30.0 Å². The summed E-state index contributed by atoms with van der Waals surface area (Å²) in [6.07, 6.45) is 30.1. The molecule has 0 aliphatic heterocycles. The minimum Gasteiger partial charge on any atom is -0.550 e. The van der Waals surface area contributed by atoms with Gasteiger partial charge in [0.15, 0.2) is 0 Å². The second-order valence-corrected chi connectivity index (χ2v) is 19.4. The van der Waals surface area contributed by atoms with E-state index in [4.69, 9.17) is 8.37 Å². The van der Waals surface area contributed by atoms with Crippen LogP contribution in [0.15, 0.2) is 60.9 Å². The third-order valence-electron chi connectivity index (χ3n) is 9.22. The quantitative estimate of drug-likeness (QED) is 0.00579. The molecule has 0 N–H and O–H groups in total. The number of ether oxygens (including phenoxy) is 3. The molecule has 0 spiro atoms. The van der Waals surface area contributed by atoms with Crippen LogP contribution in [0.4, 0.5) is 0 Å². The first-order valence-electron chi connectivity index (χ1n) is 23.6. The van der Waals surface area contributed by atoms with E-state index in [1.165, 1.54) is 130 Å². The number of carboxylic acids is 1. The predicted octanol–water partition coefficient (Wildman–Crippen LogP) is 8.93. The molecule has 0 rings (SSSR count). The molecule has 0 fully saturated rings. The average molecular weight is 1020 g/mol. The van der Waals surface area contributed by atoms with E-state index in [2.05, 4.69) is 79.6 Å². The number of carboxylic acid groups (broad SMARTS) is 1. The number of allylic oxidation sites excluding steroid dienone is 1. The fraction of sp³-hybridized carbons (Fsp3) is 0.700. The average Bonchev–Trinajstić information content (AvgIpc) is 3.25. The summed E-state index contributed by atoms with van der Waals surface area (Å²) in [5.74, 6) is -3.63. The van der Waals surface area contributed by atoms with Gasteiger partial charge in [-0.2, -0.15) is 33.7 Å². The first-order chi connectivity index (χ1) is 31.1. The molecule has 0 saturated heterocycles. The molecule has 0 heterocycles. The van der Waals surface area contributed by atoms with Gasteiger partial charge in [0.1, 0.15) is 6.26 Å². The van der Waals surface area contributed by atoms with E-state index in [-0.39, 0.29) is 71.5 Å². The number of rotatable bonds is 36. The molecule has 0 atom stereocenters. The van der Waals surface area contributed by atoms with E-state index in [9.17, 15) is 37.5 Å². The maximum Gasteiger partial charge on any atom is 1.00 e. The predicted molar refractivity (Wildman–Crippen MR) is 271 cm³/mol. The van der Waals surface area contributed by atoms with Crippen LogP contribution in [0.1, 0.15) is 202 Å². The van der Waals surface area contributed by atoms with E-state index >= 15 is 0 Å². The Kier molecular flexibility index (Phi) is 55.3. The molecule has 17 heteroatoms. The standard InChI is InChI=1S/C16H34O4S.C15H30O2S2.C10H12O3.C9H12O4.Na/c1-3-5-7-8-9-10-11-12-13-14-16-20-21(17,18)19-15-6-4-2;1-2-3-4-5-6-7-8-9-10-11-12-15(18,19)13-14(16)17;1-5-6-8(4)10(12)13-9(11)7(2)3;1-6(2)8(10)13-5-7(3)9(11)12-4;/h3-16H2,1-2H3;18-19H,2-13H2,1H3,(H,16,17);5H,1-2,4,6H2,3H3;5H,1H2,2-4H3;/q;;;;+1/p-1. The van der Waals surface area contributed by atoms with Crippen molar-refractivity contribution >= 4 is 65.5 Å². The second kappa shape index (κ2) is 50.2. The van der Waals surface area contributed by atoms with Crippen molar-refractivity contribution < 1.29 is 89.6 Å². The van der Waals surface area contributed by atoms with E-state index < -0.39 is 44.3 Å². The molecular weight excluding hydrogens is 928 g/mol. The summed E-state index contributed by atoms with van der Waals surface area (Å²) in [4.78, 5) is 54.0. The van der Waals surface area contributed by atoms with Gasteiger partial charge in [0, 0.05) is 29.1 Å². The minimum absolute atomic E-state index is 0. The normalized spacial score (nSPS) is 10.8. The van der Waals surface area contributed by atoms with Gasteiger partial charge in [0.25, 0.3) is 0 Å². The molecule has 0 unspecified atom stereocenters. The van der Waals surface area contributed by atoms with Crippen molar-refractivity contribution in [1.82, 2.24) is 0 Å². The minimum atomic E-state index is -3.76. The van der Waals surface area contributed by atoms with Crippen molar-refractivity contribution in [2.24, 2.45) is 0 Å². The summed E-state index contributed by atoms with van der Waals surface area (Å²) in [5, 5.41) is 10.5. The van der Waals surface area contributed by atoms with E-state index in [1.54, 1.807) is 0 Å². The zero-order valence-electron chi connectivity index (χ0n) is 42.7. The third kappa shape index (κ3) is 56.3. The Bertz CT molecular complexity index is 1530. The molecule has 13 nitrogen and oxygen atoms in total. The van der Waals surface area contributed by atoms with Gasteiger partial charge in [-0.05, 0) is 46.5 Å². The largest absolute Gasteiger partial charge is 1.00 e. The van der Waals surface area contributed by atoms with Crippen molar-refractivity contribution in [3.8, 4) is 0 Å². The van der Waals surface area contributed by atoms with Gasteiger partial charge in [-0.25, -0.2) is 27.5 Å². The first kappa shape index (κ1) is 73.8. The molecular formula is C50H87NaO13S3. The monoisotopic (exact) mass is 1010 g/mol. The molecule has 0 aliphatic carbocycles. The number of esters is 4. The Morgan fingerprint density at radius 1 is 0.597 bits per heavy atom. The second-order valence-electron chi connectivity index (χ2n) is 16.1. The Morgan fingerprint density at radius 2 is 0.985 bits per heavy atom. The third-order valence-corrected chi connectivity index (χ3v) is 10.9. The smallest absolute Gasteiger partial charge is 0.550 e. The van der Waals surface area contributed by atoms with Crippen molar-refractivity contribution in [3.63, 3.8) is 0 Å². The van der Waals surface area contributed by atoms with Crippen LogP contribution in [0.5, 0.6) is 0 Å². The summed E-state index contributed by atoms with van der Waals surface area (Å²) in [7, 11) is -2.51. The van der Waals surface area contributed by atoms with Crippen LogP contribution >= 0.6 is 25.3 Å². The molecule has 67 heavy (non-hydrogen) atoms. The van der Waals surface area contributed by atoms with Crippen molar-refractivity contribution in [2.75, 3.05) is 20.3 Å². The topological polar surface area (TPSA) is 189 Å². The van der Waals surface area contributed by atoms with Crippen LogP contribution in [0.2, 0.25) is 0 Å². The number of thiol groups is 2. The van der Waals surface area contributed by atoms with E-state index in [0.717, 1.165) is 57.6 Å². The molecule has 0 radical (unpaired) electrons.